The number of sulfone groups is 1. The van der Waals surface area contributed by atoms with Gasteiger partial charge in [0.2, 0.25) is 5.91 Å². The molecule has 1 aromatic rings. The van der Waals surface area contributed by atoms with Crippen molar-refractivity contribution < 1.29 is 23.1 Å². The van der Waals surface area contributed by atoms with Crippen molar-refractivity contribution in [2.75, 3.05) is 18.6 Å². The molecule has 1 amide bonds. The summed E-state index contributed by atoms with van der Waals surface area (Å²) in [7, 11) is -3.12. The second-order valence-electron chi connectivity index (χ2n) is 4.12. The summed E-state index contributed by atoms with van der Waals surface area (Å²) in [5.74, 6) is -1.64. The van der Waals surface area contributed by atoms with Gasteiger partial charge >= 0.3 is 5.97 Å². The molecule has 0 aliphatic carbocycles. The maximum atomic E-state index is 11.6. The van der Waals surface area contributed by atoms with Gasteiger partial charge in [0, 0.05) is 12.8 Å². The van der Waals surface area contributed by atoms with E-state index in [4.69, 9.17) is 5.11 Å². The molecule has 0 atom stereocenters. The molecule has 1 aromatic carbocycles. The van der Waals surface area contributed by atoms with E-state index in [1.165, 1.54) is 6.07 Å². The van der Waals surface area contributed by atoms with Crippen molar-refractivity contribution in [1.29, 1.82) is 0 Å². The molecule has 19 heavy (non-hydrogen) atoms. The van der Waals surface area contributed by atoms with Crippen molar-refractivity contribution >= 4 is 21.7 Å². The molecule has 0 saturated heterocycles. The fraction of sp³-hybridized carbons (Fsp3) is 0.333. The highest BCUT2D eigenvalue weighted by Gasteiger charge is 2.12. The Labute approximate surface area is 111 Å². The molecule has 0 fully saturated rings. The van der Waals surface area contributed by atoms with Gasteiger partial charge < -0.3 is 10.4 Å². The van der Waals surface area contributed by atoms with E-state index in [2.05, 4.69) is 5.32 Å². The van der Waals surface area contributed by atoms with Gasteiger partial charge in [-0.25, -0.2) is 13.2 Å². The number of aromatic carboxylic acids is 1. The molecule has 0 unspecified atom stereocenters. The van der Waals surface area contributed by atoms with Gasteiger partial charge in [0.15, 0.2) is 0 Å². The van der Waals surface area contributed by atoms with E-state index in [9.17, 15) is 18.0 Å². The van der Waals surface area contributed by atoms with Crippen molar-refractivity contribution in [3.05, 3.63) is 35.4 Å². The Kier molecular flexibility index (Phi) is 5.05. The monoisotopic (exact) mass is 285 g/mol. The number of rotatable bonds is 6. The van der Waals surface area contributed by atoms with Crippen LogP contribution in [0.4, 0.5) is 0 Å². The predicted octanol–water partition coefficient (Wildman–Crippen LogP) is 0.0881. The van der Waals surface area contributed by atoms with Gasteiger partial charge in [-0.1, -0.05) is 18.2 Å². The Bertz CT molecular complexity index is 580. The minimum Gasteiger partial charge on any atom is -0.478 e. The molecule has 0 heterocycles. The van der Waals surface area contributed by atoms with E-state index in [-0.39, 0.29) is 24.3 Å². The first-order valence-corrected chi connectivity index (χ1v) is 7.61. The lowest BCUT2D eigenvalue weighted by Crippen LogP contribution is -2.30. The molecular weight excluding hydrogens is 270 g/mol. The fourth-order valence-electron chi connectivity index (χ4n) is 1.49. The van der Waals surface area contributed by atoms with Gasteiger partial charge in [0.05, 0.1) is 17.7 Å². The summed E-state index contributed by atoms with van der Waals surface area (Å²) in [6.07, 6.45) is 0.991. The largest absolute Gasteiger partial charge is 0.478 e. The van der Waals surface area contributed by atoms with Crippen LogP contribution in [0.3, 0.4) is 0 Å². The van der Waals surface area contributed by atoms with Crippen LogP contribution in [0.2, 0.25) is 0 Å². The third-order valence-electron chi connectivity index (χ3n) is 2.39. The normalized spacial score (nSPS) is 11.0. The Balaban J connectivity index is 2.60. The molecule has 7 heteroatoms. The molecule has 0 aliphatic rings. The highest BCUT2D eigenvalue weighted by Crippen LogP contribution is 2.09. The van der Waals surface area contributed by atoms with Crippen LogP contribution in [0.15, 0.2) is 24.3 Å². The standard InChI is InChI=1S/C12H15NO5S/c1-19(17,18)7-6-13-11(14)8-9-4-2-3-5-10(9)12(15)16/h2-5H,6-8H2,1H3,(H,13,14)(H,15,16). The van der Waals surface area contributed by atoms with E-state index in [1.807, 2.05) is 0 Å². The van der Waals surface area contributed by atoms with Crippen LogP contribution in [-0.2, 0) is 21.1 Å². The summed E-state index contributed by atoms with van der Waals surface area (Å²) < 4.78 is 21.8. The van der Waals surface area contributed by atoms with Gasteiger partial charge in [-0.2, -0.15) is 0 Å². The van der Waals surface area contributed by atoms with E-state index in [1.54, 1.807) is 18.2 Å². The minimum atomic E-state index is -3.12. The lowest BCUT2D eigenvalue weighted by molar-refractivity contribution is -0.120. The number of nitrogens with one attached hydrogen (secondary N) is 1. The third-order valence-corrected chi connectivity index (χ3v) is 3.34. The molecule has 2 N–H and O–H groups in total. The van der Waals surface area contributed by atoms with Crippen LogP contribution >= 0.6 is 0 Å². The number of carboxylic acid groups (broad SMARTS) is 1. The third kappa shape index (κ3) is 5.52. The second kappa shape index (κ2) is 6.33. The first-order chi connectivity index (χ1) is 8.79. The molecule has 0 spiro atoms. The maximum absolute atomic E-state index is 11.6. The Morgan fingerprint density at radius 3 is 2.47 bits per heavy atom. The molecule has 0 bridgehead atoms. The van der Waals surface area contributed by atoms with E-state index < -0.39 is 21.7 Å². The number of carbonyl (C=O) groups is 2. The summed E-state index contributed by atoms with van der Waals surface area (Å²) >= 11 is 0. The molecule has 0 saturated carbocycles. The van der Waals surface area contributed by atoms with Crippen LogP contribution < -0.4 is 5.32 Å². The molecule has 0 aromatic heterocycles. The topological polar surface area (TPSA) is 101 Å². The summed E-state index contributed by atoms with van der Waals surface area (Å²) in [6, 6.07) is 6.20. The number of amides is 1. The van der Waals surface area contributed by atoms with Gasteiger partial charge in [-0.05, 0) is 11.6 Å². The molecule has 104 valence electrons. The van der Waals surface area contributed by atoms with E-state index in [0.29, 0.717) is 5.56 Å². The molecule has 0 aliphatic heterocycles. The number of carbonyl (C=O) groups excluding carboxylic acids is 1. The van der Waals surface area contributed by atoms with Crippen LogP contribution in [-0.4, -0.2) is 44.0 Å². The van der Waals surface area contributed by atoms with Crippen LogP contribution in [0.25, 0.3) is 0 Å². The average molecular weight is 285 g/mol. The zero-order valence-electron chi connectivity index (χ0n) is 10.4. The number of carboxylic acids is 1. The van der Waals surface area contributed by atoms with Gasteiger partial charge in [0.1, 0.15) is 9.84 Å². The van der Waals surface area contributed by atoms with Crippen LogP contribution in [0.1, 0.15) is 15.9 Å². The van der Waals surface area contributed by atoms with Crippen molar-refractivity contribution in [2.24, 2.45) is 0 Å². The lowest BCUT2D eigenvalue weighted by Gasteiger charge is -2.07. The fourth-order valence-corrected chi connectivity index (χ4v) is 1.97. The quantitative estimate of drug-likeness (QED) is 0.771. The zero-order valence-corrected chi connectivity index (χ0v) is 11.2. The second-order valence-corrected chi connectivity index (χ2v) is 6.38. The number of hydrogen-bond donors (Lipinski definition) is 2. The average Bonchev–Trinajstić information content (AvgIpc) is 2.27. The highest BCUT2D eigenvalue weighted by molar-refractivity contribution is 7.90. The Hall–Kier alpha value is -1.89. The van der Waals surface area contributed by atoms with Crippen LogP contribution in [0.5, 0.6) is 0 Å². The highest BCUT2D eigenvalue weighted by atomic mass is 32.2. The summed E-state index contributed by atoms with van der Waals surface area (Å²) in [5, 5.41) is 11.4. The minimum absolute atomic E-state index is 0.0207. The first kappa shape index (κ1) is 15.2. The molecular formula is C12H15NO5S. The maximum Gasteiger partial charge on any atom is 0.335 e. The summed E-state index contributed by atoms with van der Waals surface area (Å²) in [6.45, 7) is 0.0207. The summed E-state index contributed by atoms with van der Waals surface area (Å²) in [4.78, 5) is 22.5. The van der Waals surface area contributed by atoms with Crippen molar-refractivity contribution in [3.8, 4) is 0 Å². The number of hydrogen-bond acceptors (Lipinski definition) is 4. The SMILES string of the molecule is CS(=O)(=O)CCNC(=O)Cc1ccccc1C(=O)O. The van der Waals surface area contributed by atoms with Gasteiger partial charge in [-0.3, -0.25) is 4.79 Å². The molecule has 1 rings (SSSR count). The van der Waals surface area contributed by atoms with Crippen molar-refractivity contribution in [3.63, 3.8) is 0 Å². The smallest absolute Gasteiger partial charge is 0.335 e. The van der Waals surface area contributed by atoms with E-state index >= 15 is 0 Å². The van der Waals surface area contributed by atoms with Gasteiger partial charge in [-0.15, -0.1) is 0 Å². The van der Waals surface area contributed by atoms with E-state index in [0.717, 1.165) is 6.26 Å². The van der Waals surface area contributed by atoms with Crippen molar-refractivity contribution in [2.45, 2.75) is 6.42 Å². The first-order valence-electron chi connectivity index (χ1n) is 5.55. The molecule has 6 nitrogen and oxygen atoms in total. The molecule has 0 radical (unpaired) electrons. The summed E-state index contributed by atoms with van der Waals surface area (Å²) in [5.41, 5.74) is 0.465. The Morgan fingerprint density at radius 1 is 1.26 bits per heavy atom. The van der Waals surface area contributed by atoms with Gasteiger partial charge in [0.25, 0.3) is 0 Å². The predicted molar refractivity (Wildman–Crippen MR) is 69.8 cm³/mol. The van der Waals surface area contributed by atoms with Crippen LogP contribution in [0, 0.1) is 0 Å². The number of benzene rings is 1. The Morgan fingerprint density at radius 2 is 1.89 bits per heavy atom. The zero-order chi connectivity index (χ0) is 14.5. The lowest BCUT2D eigenvalue weighted by atomic mass is 10.0. The van der Waals surface area contributed by atoms with Crippen molar-refractivity contribution in [1.82, 2.24) is 5.32 Å².